The maximum absolute atomic E-state index is 13.2. The van der Waals surface area contributed by atoms with Gasteiger partial charge in [0.2, 0.25) is 0 Å². The van der Waals surface area contributed by atoms with Gasteiger partial charge in [0.1, 0.15) is 5.82 Å². The molecule has 20 heavy (non-hydrogen) atoms. The van der Waals surface area contributed by atoms with Crippen molar-refractivity contribution >= 4 is 0 Å². The molecule has 1 atom stereocenters. The van der Waals surface area contributed by atoms with Crippen molar-refractivity contribution in [2.24, 2.45) is 0 Å². The van der Waals surface area contributed by atoms with Crippen molar-refractivity contribution in [2.45, 2.75) is 44.9 Å². The number of halogens is 1. The number of benzene rings is 2. The number of rotatable bonds is 3. The molecule has 1 heteroatoms. The van der Waals surface area contributed by atoms with E-state index in [0.29, 0.717) is 5.92 Å². The van der Waals surface area contributed by atoms with Crippen LogP contribution in [-0.2, 0) is 19.3 Å². The van der Waals surface area contributed by atoms with Gasteiger partial charge in [0.25, 0.3) is 0 Å². The molecule has 1 aliphatic carbocycles. The third kappa shape index (κ3) is 2.77. The van der Waals surface area contributed by atoms with Gasteiger partial charge < -0.3 is 0 Å². The molecule has 0 saturated heterocycles. The predicted octanol–water partition coefficient (Wildman–Crippen LogP) is 5.05. The summed E-state index contributed by atoms with van der Waals surface area (Å²) in [5, 5.41) is 0. The zero-order valence-electron chi connectivity index (χ0n) is 12.0. The average molecular weight is 268 g/mol. The molecule has 0 aromatic heterocycles. The lowest BCUT2D eigenvalue weighted by Crippen LogP contribution is -2.13. The van der Waals surface area contributed by atoms with Crippen molar-refractivity contribution in [3.05, 3.63) is 70.5 Å². The Hall–Kier alpha value is -1.63. The Balaban J connectivity index is 1.77. The summed E-state index contributed by atoms with van der Waals surface area (Å²) in [6.07, 6.45) is 5.52. The van der Waals surface area contributed by atoms with E-state index in [4.69, 9.17) is 0 Å². The van der Waals surface area contributed by atoms with E-state index in [9.17, 15) is 4.39 Å². The summed E-state index contributed by atoms with van der Waals surface area (Å²) in [5.74, 6) is 0.481. The van der Waals surface area contributed by atoms with E-state index in [2.05, 4.69) is 31.2 Å². The standard InChI is InChI=1S/C19H21F/c1-2-3-14-4-6-15(7-5-14)16-8-9-18-13-19(20)11-10-17(18)12-16/h4-7,10-11,13,16H,2-3,8-9,12H2,1H3. The second-order valence-electron chi connectivity index (χ2n) is 5.84. The normalized spacial score (nSPS) is 17.8. The van der Waals surface area contributed by atoms with E-state index in [-0.39, 0.29) is 5.82 Å². The van der Waals surface area contributed by atoms with Gasteiger partial charge in [-0.3, -0.25) is 0 Å². The minimum Gasteiger partial charge on any atom is -0.207 e. The molecule has 0 saturated carbocycles. The molecule has 0 amide bonds. The van der Waals surface area contributed by atoms with Crippen molar-refractivity contribution < 1.29 is 4.39 Å². The first-order valence-electron chi connectivity index (χ1n) is 7.62. The van der Waals surface area contributed by atoms with Crippen LogP contribution in [0.3, 0.4) is 0 Å². The zero-order valence-corrected chi connectivity index (χ0v) is 12.0. The molecule has 0 bridgehead atoms. The molecule has 1 unspecified atom stereocenters. The van der Waals surface area contributed by atoms with E-state index >= 15 is 0 Å². The molecular weight excluding hydrogens is 247 g/mol. The van der Waals surface area contributed by atoms with E-state index < -0.39 is 0 Å². The second-order valence-corrected chi connectivity index (χ2v) is 5.84. The summed E-state index contributed by atoms with van der Waals surface area (Å²) in [7, 11) is 0. The van der Waals surface area contributed by atoms with Crippen LogP contribution in [0.15, 0.2) is 42.5 Å². The van der Waals surface area contributed by atoms with Crippen molar-refractivity contribution in [1.82, 2.24) is 0 Å². The number of aryl methyl sites for hydroxylation is 2. The van der Waals surface area contributed by atoms with Gasteiger partial charge in [-0.25, -0.2) is 4.39 Å². The zero-order chi connectivity index (χ0) is 13.9. The molecule has 0 N–H and O–H groups in total. The highest BCUT2D eigenvalue weighted by molar-refractivity contribution is 5.35. The van der Waals surface area contributed by atoms with Gasteiger partial charge in [0, 0.05) is 0 Å². The van der Waals surface area contributed by atoms with Crippen LogP contribution in [-0.4, -0.2) is 0 Å². The first kappa shape index (κ1) is 13.4. The molecule has 0 nitrogen and oxygen atoms in total. The molecule has 2 aromatic rings. The molecule has 104 valence electrons. The maximum Gasteiger partial charge on any atom is 0.123 e. The van der Waals surface area contributed by atoms with Gasteiger partial charge in [0.05, 0.1) is 0 Å². The number of fused-ring (bicyclic) bond motifs is 1. The predicted molar refractivity (Wildman–Crippen MR) is 81.6 cm³/mol. The minimum absolute atomic E-state index is 0.105. The first-order chi connectivity index (χ1) is 9.76. The molecule has 0 radical (unpaired) electrons. The Bertz CT molecular complexity index is 583. The van der Waals surface area contributed by atoms with Crippen LogP contribution in [0.25, 0.3) is 0 Å². The third-order valence-corrected chi connectivity index (χ3v) is 4.39. The molecule has 0 heterocycles. The molecule has 1 aliphatic rings. The average Bonchev–Trinajstić information content (AvgIpc) is 2.48. The van der Waals surface area contributed by atoms with Crippen molar-refractivity contribution in [1.29, 1.82) is 0 Å². The summed E-state index contributed by atoms with van der Waals surface area (Å²) >= 11 is 0. The highest BCUT2D eigenvalue weighted by Crippen LogP contribution is 2.33. The SMILES string of the molecule is CCCc1ccc(C2CCc3cc(F)ccc3C2)cc1. The van der Waals surface area contributed by atoms with Crippen LogP contribution in [0.1, 0.15) is 47.9 Å². The monoisotopic (exact) mass is 268 g/mol. The topological polar surface area (TPSA) is 0 Å². The number of hydrogen-bond donors (Lipinski definition) is 0. The molecular formula is C19H21F. The van der Waals surface area contributed by atoms with Crippen molar-refractivity contribution in [3.63, 3.8) is 0 Å². The highest BCUT2D eigenvalue weighted by atomic mass is 19.1. The Kier molecular flexibility index (Phi) is 3.86. The molecule has 0 fully saturated rings. The van der Waals surface area contributed by atoms with E-state index in [1.807, 2.05) is 6.07 Å². The summed E-state index contributed by atoms with van der Waals surface area (Å²) in [4.78, 5) is 0. The quantitative estimate of drug-likeness (QED) is 0.730. The minimum atomic E-state index is -0.105. The first-order valence-corrected chi connectivity index (χ1v) is 7.62. The van der Waals surface area contributed by atoms with Gasteiger partial charge >= 0.3 is 0 Å². The summed E-state index contributed by atoms with van der Waals surface area (Å²) in [6, 6.07) is 14.3. The lowest BCUT2D eigenvalue weighted by atomic mass is 9.80. The Morgan fingerprint density at radius 3 is 2.60 bits per heavy atom. The van der Waals surface area contributed by atoms with Gasteiger partial charge in [-0.15, -0.1) is 0 Å². The van der Waals surface area contributed by atoms with Crippen molar-refractivity contribution in [3.8, 4) is 0 Å². The lowest BCUT2D eigenvalue weighted by molar-refractivity contribution is 0.572. The van der Waals surface area contributed by atoms with E-state index in [1.54, 1.807) is 12.1 Å². The summed E-state index contributed by atoms with van der Waals surface area (Å²) in [5.41, 5.74) is 5.37. The fourth-order valence-corrected chi connectivity index (χ4v) is 3.25. The second kappa shape index (κ2) is 5.78. The fourth-order valence-electron chi connectivity index (χ4n) is 3.25. The smallest absolute Gasteiger partial charge is 0.123 e. The van der Waals surface area contributed by atoms with Gasteiger partial charge in [0.15, 0.2) is 0 Å². The summed E-state index contributed by atoms with van der Waals surface area (Å²) < 4.78 is 13.2. The van der Waals surface area contributed by atoms with Gasteiger partial charge in [-0.1, -0.05) is 43.7 Å². The van der Waals surface area contributed by atoms with Gasteiger partial charge in [-0.2, -0.15) is 0 Å². The van der Waals surface area contributed by atoms with E-state index in [0.717, 1.165) is 25.7 Å². The van der Waals surface area contributed by atoms with E-state index in [1.165, 1.54) is 28.7 Å². The number of hydrogen-bond acceptors (Lipinski definition) is 0. The molecule has 2 aromatic carbocycles. The summed E-state index contributed by atoms with van der Waals surface area (Å²) in [6.45, 7) is 2.21. The van der Waals surface area contributed by atoms with Crippen molar-refractivity contribution in [2.75, 3.05) is 0 Å². The fraction of sp³-hybridized carbons (Fsp3) is 0.368. The molecule has 0 aliphatic heterocycles. The Morgan fingerprint density at radius 2 is 1.85 bits per heavy atom. The van der Waals surface area contributed by atoms with Gasteiger partial charge in [-0.05, 0) is 66.0 Å². The molecule has 0 spiro atoms. The Labute approximate surface area is 120 Å². The maximum atomic E-state index is 13.2. The van der Waals surface area contributed by atoms with Crippen LogP contribution in [0, 0.1) is 5.82 Å². The molecule has 3 rings (SSSR count). The van der Waals surface area contributed by atoms with Crippen LogP contribution < -0.4 is 0 Å². The Morgan fingerprint density at radius 1 is 1.05 bits per heavy atom. The van der Waals surface area contributed by atoms with Crippen LogP contribution in [0.5, 0.6) is 0 Å². The van der Waals surface area contributed by atoms with Crippen LogP contribution in [0.2, 0.25) is 0 Å². The largest absolute Gasteiger partial charge is 0.207 e. The van der Waals surface area contributed by atoms with Crippen LogP contribution in [0.4, 0.5) is 4.39 Å². The lowest BCUT2D eigenvalue weighted by Gasteiger charge is -2.25. The third-order valence-electron chi connectivity index (χ3n) is 4.39. The van der Waals surface area contributed by atoms with Crippen LogP contribution >= 0.6 is 0 Å². The highest BCUT2D eigenvalue weighted by Gasteiger charge is 2.20.